The molecule has 0 saturated heterocycles. The van der Waals surface area contributed by atoms with Crippen LogP contribution in [0.2, 0.25) is 0 Å². The van der Waals surface area contributed by atoms with E-state index < -0.39 is 5.97 Å². The molecule has 1 saturated carbocycles. The van der Waals surface area contributed by atoms with Crippen LogP contribution in [0.5, 0.6) is 0 Å². The zero-order valence-corrected chi connectivity index (χ0v) is 14.0. The molecular formula is C17H21N5O3. The fourth-order valence-corrected chi connectivity index (χ4v) is 3.08. The van der Waals surface area contributed by atoms with Gasteiger partial charge in [-0.25, -0.2) is 4.68 Å². The van der Waals surface area contributed by atoms with E-state index in [2.05, 4.69) is 15.6 Å². The number of carbonyl (C=O) groups excluding carboxylic acids is 1. The third kappa shape index (κ3) is 4.03. The van der Waals surface area contributed by atoms with Gasteiger partial charge in [0.2, 0.25) is 0 Å². The highest BCUT2D eigenvalue weighted by Gasteiger charge is 2.34. The van der Waals surface area contributed by atoms with Gasteiger partial charge in [0.25, 0.3) is 5.91 Å². The predicted molar refractivity (Wildman–Crippen MR) is 90.5 cm³/mol. The van der Waals surface area contributed by atoms with Crippen LogP contribution in [0.3, 0.4) is 0 Å². The summed E-state index contributed by atoms with van der Waals surface area (Å²) in [5, 5.41) is 19.6. The number of nitrogens with zero attached hydrogens (tertiary/aromatic N) is 4. The average molecular weight is 343 g/mol. The van der Waals surface area contributed by atoms with Crippen LogP contribution in [-0.4, -0.2) is 62.0 Å². The minimum atomic E-state index is -0.820. The number of carbonyl (C=O) groups is 2. The first-order valence-electron chi connectivity index (χ1n) is 8.30. The van der Waals surface area contributed by atoms with Gasteiger partial charge < -0.3 is 10.4 Å². The quantitative estimate of drug-likeness (QED) is 0.776. The number of benzene rings is 1. The molecule has 0 spiro atoms. The fraction of sp³-hybridized carbons (Fsp3) is 0.412. The second-order valence-corrected chi connectivity index (χ2v) is 6.15. The molecule has 1 aromatic carbocycles. The third-order valence-electron chi connectivity index (χ3n) is 4.50. The number of carboxylic acid groups (broad SMARTS) is 1. The maximum atomic E-state index is 12.4. The zero-order chi connectivity index (χ0) is 17.8. The van der Waals surface area contributed by atoms with Crippen molar-refractivity contribution in [2.45, 2.75) is 31.8 Å². The summed E-state index contributed by atoms with van der Waals surface area (Å²) in [6.45, 7) is 2.68. The Bertz CT molecular complexity index is 741. The first-order valence-corrected chi connectivity index (χ1v) is 8.30. The van der Waals surface area contributed by atoms with E-state index in [-0.39, 0.29) is 24.5 Å². The molecule has 1 aromatic heterocycles. The van der Waals surface area contributed by atoms with E-state index in [1.54, 1.807) is 35.3 Å². The molecule has 2 N–H and O–H groups in total. The molecule has 0 aliphatic heterocycles. The molecule has 1 aliphatic rings. The minimum Gasteiger partial charge on any atom is -0.480 e. The van der Waals surface area contributed by atoms with Crippen molar-refractivity contribution in [2.24, 2.45) is 0 Å². The molecule has 8 heteroatoms. The van der Waals surface area contributed by atoms with Crippen LogP contribution in [0, 0.1) is 0 Å². The third-order valence-corrected chi connectivity index (χ3v) is 4.50. The lowest BCUT2D eigenvalue weighted by molar-refractivity contribution is -0.139. The SMILES string of the molecule is CCN(CC(=O)O)C1CC(NC(=O)c2cccc(-n3ccnn3)c2)C1. The number of hydrogen-bond donors (Lipinski definition) is 2. The molecule has 3 rings (SSSR count). The first kappa shape index (κ1) is 17.1. The average Bonchev–Trinajstić information content (AvgIpc) is 3.10. The van der Waals surface area contributed by atoms with Crippen molar-refractivity contribution in [1.29, 1.82) is 0 Å². The van der Waals surface area contributed by atoms with Crippen molar-refractivity contribution in [3.63, 3.8) is 0 Å². The number of nitrogens with one attached hydrogen (secondary N) is 1. The zero-order valence-electron chi connectivity index (χ0n) is 14.0. The van der Waals surface area contributed by atoms with Crippen molar-refractivity contribution in [1.82, 2.24) is 25.2 Å². The highest BCUT2D eigenvalue weighted by Crippen LogP contribution is 2.26. The number of amides is 1. The van der Waals surface area contributed by atoms with E-state index in [1.807, 2.05) is 17.9 Å². The lowest BCUT2D eigenvalue weighted by Gasteiger charge is -2.42. The number of aliphatic carboxylic acids is 1. The Balaban J connectivity index is 1.56. The van der Waals surface area contributed by atoms with Gasteiger partial charge in [-0.05, 0) is 37.6 Å². The summed E-state index contributed by atoms with van der Waals surface area (Å²) in [5.74, 6) is -0.953. The monoisotopic (exact) mass is 343 g/mol. The molecule has 1 aliphatic carbocycles. The summed E-state index contributed by atoms with van der Waals surface area (Å²) in [4.78, 5) is 25.2. The number of hydrogen-bond acceptors (Lipinski definition) is 5. The van der Waals surface area contributed by atoms with Gasteiger partial charge >= 0.3 is 5.97 Å². The number of aromatic nitrogens is 3. The molecule has 1 heterocycles. The van der Waals surface area contributed by atoms with Crippen LogP contribution in [0.25, 0.3) is 5.69 Å². The molecule has 2 aromatic rings. The Morgan fingerprint density at radius 1 is 1.40 bits per heavy atom. The molecule has 1 amide bonds. The van der Waals surface area contributed by atoms with Crippen LogP contribution >= 0.6 is 0 Å². The summed E-state index contributed by atoms with van der Waals surface area (Å²) in [5.41, 5.74) is 1.34. The van der Waals surface area contributed by atoms with Crippen molar-refractivity contribution in [3.8, 4) is 5.69 Å². The molecule has 0 radical (unpaired) electrons. The lowest BCUT2D eigenvalue weighted by atomic mass is 9.85. The summed E-state index contributed by atoms with van der Waals surface area (Å²) in [6, 6.07) is 7.48. The Morgan fingerprint density at radius 3 is 2.84 bits per heavy atom. The van der Waals surface area contributed by atoms with Crippen molar-refractivity contribution >= 4 is 11.9 Å². The molecule has 25 heavy (non-hydrogen) atoms. The Morgan fingerprint density at radius 2 is 2.20 bits per heavy atom. The fourth-order valence-electron chi connectivity index (χ4n) is 3.08. The normalized spacial score (nSPS) is 19.4. The van der Waals surface area contributed by atoms with Gasteiger partial charge in [-0.15, -0.1) is 5.10 Å². The number of likely N-dealkylation sites (N-methyl/N-ethyl adjacent to an activating group) is 1. The first-order chi connectivity index (χ1) is 12.1. The summed E-state index contributed by atoms with van der Waals surface area (Å²) in [6.07, 6.45) is 4.85. The Kier molecular flexibility index (Phi) is 5.08. The van der Waals surface area contributed by atoms with Gasteiger partial charge in [-0.2, -0.15) is 0 Å². The van der Waals surface area contributed by atoms with Crippen LogP contribution in [0.1, 0.15) is 30.1 Å². The lowest BCUT2D eigenvalue weighted by Crippen LogP contribution is -2.54. The maximum absolute atomic E-state index is 12.4. The van der Waals surface area contributed by atoms with Crippen LogP contribution in [-0.2, 0) is 4.79 Å². The van der Waals surface area contributed by atoms with E-state index in [0.29, 0.717) is 12.1 Å². The minimum absolute atomic E-state index is 0.0434. The highest BCUT2D eigenvalue weighted by atomic mass is 16.4. The molecule has 1 fully saturated rings. The second-order valence-electron chi connectivity index (χ2n) is 6.15. The summed E-state index contributed by atoms with van der Waals surface area (Å²) < 4.78 is 1.60. The van der Waals surface area contributed by atoms with Crippen LogP contribution < -0.4 is 5.32 Å². The van der Waals surface area contributed by atoms with Gasteiger partial charge in [-0.3, -0.25) is 14.5 Å². The van der Waals surface area contributed by atoms with Gasteiger partial charge in [0.15, 0.2) is 0 Å². The van der Waals surface area contributed by atoms with E-state index in [0.717, 1.165) is 18.5 Å². The van der Waals surface area contributed by atoms with E-state index in [4.69, 9.17) is 5.11 Å². The molecule has 8 nitrogen and oxygen atoms in total. The largest absolute Gasteiger partial charge is 0.480 e. The second kappa shape index (κ2) is 7.43. The van der Waals surface area contributed by atoms with Gasteiger partial charge in [0, 0.05) is 17.6 Å². The Hall–Kier alpha value is -2.74. The molecule has 132 valence electrons. The summed E-state index contributed by atoms with van der Waals surface area (Å²) in [7, 11) is 0. The van der Waals surface area contributed by atoms with Crippen LogP contribution in [0.4, 0.5) is 0 Å². The van der Waals surface area contributed by atoms with Crippen LogP contribution in [0.15, 0.2) is 36.7 Å². The van der Waals surface area contributed by atoms with Crippen molar-refractivity contribution in [2.75, 3.05) is 13.1 Å². The van der Waals surface area contributed by atoms with Gasteiger partial charge in [-0.1, -0.05) is 18.2 Å². The predicted octanol–water partition coefficient (Wildman–Crippen LogP) is 0.935. The number of carboxylic acids is 1. The Labute approximate surface area is 145 Å². The molecular weight excluding hydrogens is 322 g/mol. The maximum Gasteiger partial charge on any atom is 0.317 e. The van der Waals surface area contributed by atoms with Gasteiger partial charge in [0.05, 0.1) is 24.6 Å². The van der Waals surface area contributed by atoms with E-state index in [9.17, 15) is 9.59 Å². The summed E-state index contributed by atoms with van der Waals surface area (Å²) >= 11 is 0. The topological polar surface area (TPSA) is 100 Å². The standard InChI is InChI=1S/C17H21N5O3/c1-2-21(11-16(23)24)15-9-13(10-15)19-17(25)12-4-3-5-14(8-12)22-7-6-18-20-22/h3-8,13,15H,2,9-11H2,1H3,(H,19,25)(H,23,24). The van der Waals surface area contributed by atoms with Crippen molar-refractivity contribution in [3.05, 3.63) is 42.2 Å². The molecule has 0 unspecified atom stereocenters. The van der Waals surface area contributed by atoms with Gasteiger partial charge in [0.1, 0.15) is 0 Å². The number of rotatable bonds is 7. The van der Waals surface area contributed by atoms with E-state index >= 15 is 0 Å². The van der Waals surface area contributed by atoms with E-state index in [1.165, 1.54) is 0 Å². The van der Waals surface area contributed by atoms with Crippen molar-refractivity contribution < 1.29 is 14.7 Å². The highest BCUT2D eigenvalue weighted by molar-refractivity contribution is 5.95. The smallest absolute Gasteiger partial charge is 0.317 e. The molecule has 0 atom stereocenters. The molecule has 0 bridgehead atoms.